The van der Waals surface area contributed by atoms with Crippen LogP contribution < -0.4 is 9.47 Å². The second-order valence-electron chi connectivity index (χ2n) is 10.8. The highest BCUT2D eigenvalue weighted by molar-refractivity contribution is 7.17. The maximum atomic E-state index is 14.0. The molecule has 0 radical (unpaired) electrons. The van der Waals surface area contributed by atoms with Gasteiger partial charge in [0.15, 0.2) is 0 Å². The van der Waals surface area contributed by atoms with Crippen LogP contribution in [0.1, 0.15) is 27.9 Å². The largest absolute Gasteiger partial charge is 0.496 e. The maximum Gasteiger partial charge on any atom is 0.416 e. The third-order valence-corrected chi connectivity index (χ3v) is 8.86. The maximum absolute atomic E-state index is 14.0. The molecule has 6 aromatic carbocycles. The second-order valence-corrected chi connectivity index (χ2v) is 11.5. The number of halogens is 6. The van der Waals surface area contributed by atoms with Crippen LogP contribution in [0.2, 0.25) is 0 Å². The number of hydrogen-bond acceptors (Lipinski definition) is 2. The molecule has 0 aliphatic rings. The first-order chi connectivity index (χ1) is 21.9. The van der Waals surface area contributed by atoms with Gasteiger partial charge < -0.3 is 9.47 Å². The quantitative estimate of drug-likeness (QED) is 0.132. The van der Waals surface area contributed by atoms with Crippen molar-refractivity contribution in [1.82, 2.24) is 0 Å². The highest BCUT2D eigenvalue weighted by Crippen LogP contribution is 2.51. The fraction of sp³-hybridized carbons (Fsp3) is 0.135. The molecule has 0 aromatic heterocycles. The molecule has 2 atom stereocenters. The number of hydrogen-bond donors (Lipinski definition) is 0. The van der Waals surface area contributed by atoms with E-state index >= 15 is 0 Å². The molecule has 6 rings (SSSR count). The smallest absolute Gasteiger partial charge is 0.416 e. The topological polar surface area (TPSA) is 18.5 Å². The first-order valence-corrected chi connectivity index (χ1v) is 14.9. The van der Waals surface area contributed by atoms with Crippen molar-refractivity contribution in [3.05, 3.63) is 131 Å². The lowest BCUT2D eigenvalue weighted by atomic mass is 9.84. The zero-order chi connectivity index (χ0) is 32.8. The van der Waals surface area contributed by atoms with Crippen LogP contribution in [0.25, 0.3) is 43.8 Å². The van der Waals surface area contributed by atoms with Crippen LogP contribution in [0.15, 0.2) is 109 Å². The van der Waals surface area contributed by atoms with E-state index in [1.165, 1.54) is 14.2 Å². The molecule has 6 aromatic rings. The van der Waals surface area contributed by atoms with Gasteiger partial charge in [0.05, 0.1) is 25.3 Å². The lowest BCUT2D eigenvalue weighted by Gasteiger charge is -2.26. The molecule has 0 N–H and O–H groups in total. The minimum atomic E-state index is -5.00. The van der Waals surface area contributed by atoms with Gasteiger partial charge >= 0.3 is 12.4 Å². The number of methoxy groups -OCH3 is 2. The van der Waals surface area contributed by atoms with Crippen LogP contribution in [0.5, 0.6) is 11.5 Å². The standard InChI is InChI=1S/C37H27F6O2P/c1-44-30-16-14-21-8-3-5-10-26(21)32(30)28-12-7-13-29(33-27-11-6-4-9-22(27)15-17-31(33)45-2)34(28)35(46)23-18-24(36(38,39)40)20-25(19-23)37(41,42)43/h3-20,35H,46H2,1-2H3. The van der Waals surface area contributed by atoms with Crippen molar-refractivity contribution >= 4 is 30.8 Å². The van der Waals surface area contributed by atoms with Crippen LogP contribution in [0.4, 0.5) is 26.3 Å². The van der Waals surface area contributed by atoms with E-state index in [1.54, 1.807) is 12.1 Å². The van der Waals surface area contributed by atoms with Gasteiger partial charge in [-0.2, -0.15) is 26.3 Å². The summed E-state index contributed by atoms with van der Waals surface area (Å²) in [6.07, 6.45) is -10.00. The van der Waals surface area contributed by atoms with E-state index in [0.717, 1.165) is 33.7 Å². The monoisotopic (exact) mass is 648 g/mol. The Balaban J connectivity index is 1.76. The molecule has 0 fully saturated rings. The number of benzene rings is 6. The summed E-state index contributed by atoms with van der Waals surface area (Å²) >= 11 is 0. The first kappa shape index (κ1) is 31.4. The summed E-state index contributed by atoms with van der Waals surface area (Å²) in [4.78, 5) is 0. The van der Waals surface area contributed by atoms with E-state index in [0.29, 0.717) is 39.3 Å². The van der Waals surface area contributed by atoms with Crippen LogP contribution >= 0.6 is 9.24 Å². The Kier molecular flexibility index (Phi) is 8.20. The molecule has 0 spiro atoms. The summed E-state index contributed by atoms with van der Waals surface area (Å²) in [6, 6.07) is 29.7. The van der Waals surface area contributed by atoms with Crippen molar-refractivity contribution in [3.63, 3.8) is 0 Å². The van der Waals surface area contributed by atoms with Crippen molar-refractivity contribution < 1.29 is 35.8 Å². The van der Waals surface area contributed by atoms with E-state index in [2.05, 4.69) is 9.24 Å². The molecule has 2 unspecified atom stereocenters. The van der Waals surface area contributed by atoms with Crippen LogP contribution in [0, 0.1) is 0 Å². The lowest BCUT2D eigenvalue weighted by Crippen LogP contribution is -2.13. The minimum Gasteiger partial charge on any atom is -0.496 e. The Morgan fingerprint density at radius 3 is 1.39 bits per heavy atom. The summed E-state index contributed by atoms with van der Waals surface area (Å²) in [5.74, 6) is 0.999. The predicted molar refractivity (Wildman–Crippen MR) is 173 cm³/mol. The molecule has 0 bridgehead atoms. The average Bonchev–Trinajstić information content (AvgIpc) is 3.05. The number of alkyl halides is 6. The molecule has 0 amide bonds. The normalized spacial score (nSPS) is 12.8. The fourth-order valence-corrected chi connectivity index (χ4v) is 6.61. The SMILES string of the molecule is COc1ccc2ccccc2c1-c1cccc(-c2c(OC)ccc3ccccc23)c1C(P)c1cc(C(F)(F)F)cc(C(F)(F)F)c1. The Hall–Kier alpha value is -4.55. The van der Waals surface area contributed by atoms with Gasteiger partial charge in [-0.3, -0.25) is 0 Å². The molecule has 234 valence electrons. The molecular formula is C37H27F6O2P. The van der Waals surface area contributed by atoms with Gasteiger partial charge in [0.25, 0.3) is 0 Å². The molecule has 0 saturated heterocycles. The van der Waals surface area contributed by atoms with Crippen LogP contribution in [-0.4, -0.2) is 14.2 Å². The van der Waals surface area contributed by atoms with E-state index in [-0.39, 0.29) is 11.6 Å². The molecular weight excluding hydrogens is 621 g/mol. The molecule has 0 aliphatic heterocycles. The Labute approximate surface area is 263 Å². The predicted octanol–water partition coefficient (Wildman–Crippen LogP) is 11.3. The van der Waals surface area contributed by atoms with E-state index in [4.69, 9.17) is 9.47 Å². The fourth-order valence-electron chi connectivity index (χ4n) is 6.06. The number of rotatable bonds is 6. The molecule has 2 nitrogen and oxygen atoms in total. The Morgan fingerprint density at radius 1 is 0.543 bits per heavy atom. The first-order valence-electron chi connectivity index (χ1n) is 14.2. The Morgan fingerprint density at radius 2 is 0.978 bits per heavy atom. The van der Waals surface area contributed by atoms with Crippen LogP contribution in [0.3, 0.4) is 0 Å². The summed E-state index contributed by atoms with van der Waals surface area (Å²) < 4.78 is 95.8. The van der Waals surface area contributed by atoms with Crippen molar-refractivity contribution in [1.29, 1.82) is 0 Å². The molecule has 0 saturated carbocycles. The van der Waals surface area contributed by atoms with Gasteiger partial charge in [-0.25, -0.2) is 0 Å². The zero-order valence-electron chi connectivity index (χ0n) is 24.6. The van der Waals surface area contributed by atoms with E-state index in [1.807, 2.05) is 78.9 Å². The number of ether oxygens (including phenoxy) is 2. The van der Waals surface area contributed by atoms with E-state index in [9.17, 15) is 26.3 Å². The van der Waals surface area contributed by atoms with Gasteiger partial charge in [-0.05, 0) is 74.1 Å². The molecule has 0 heterocycles. The summed E-state index contributed by atoms with van der Waals surface area (Å²) in [7, 11) is 5.54. The third-order valence-electron chi connectivity index (χ3n) is 8.15. The summed E-state index contributed by atoms with van der Waals surface area (Å²) in [6.45, 7) is 0. The summed E-state index contributed by atoms with van der Waals surface area (Å²) in [5, 5.41) is 3.39. The van der Waals surface area contributed by atoms with Crippen molar-refractivity contribution in [2.75, 3.05) is 14.2 Å². The molecule has 9 heteroatoms. The third kappa shape index (κ3) is 5.67. The van der Waals surface area contributed by atoms with Gasteiger partial charge in [0, 0.05) is 16.8 Å². The Bertz CT molecular complexity index is 1950. The summed E-state index contributed by atoms with van der Waals surface area (Å²) in [5.41, 5.74) is -0.965. The molecule has 0 aliphatic carbocycles. The highest BCUT2D eigenvalue weighted by atomic mass is 31.0. The van der Waals surface area contributed by atoms with Gasteiger partial charge in [-0.1, -0.05) is 78.9 Å². The number of fused-ring (bicyclic) bond motifs is 2. The lowest BCUT2D eigenvalue weighted by molar-refractivity contribution is -0.143. The average molecular weight is 649 g/mol. The highest BCUT2D eigenvalue weighted by Gasteiger charge is 2.38. The van der Waals surface area contributed by atoms with Gasteiger partial charge in [0.2, 0.25) is 0 Å². The van der Waals surface area contributed by atoms with Crippen molar-refractivity contribution in [3.8, 4) is 33.8 Å². The van der Waals surface area contributed by atoms with Crippen molar-refractivity contribution in [2.45, 2.75) is 18.0 Å². The second kappa shape index (κ2) is 12.0. The van der Waals surface area contributed by atoms with E-state index < -0.39 is 29.1 Å². The van der Waals surface area contributed by atoms with Crippen LogP contribution in [-0.2, 0) is 12.4 Å². The van der Waals surface area contributed by atoms with Crippen molar-refractivity contribution in [2.24, 2.45) is 0 Å². The molecule has 46 heavy (non-hydrogen) atoms. The zero-order valence-corrected chi connectivity index (χ0v) is 25.8. The van der Waals surface area contributed by atoms with Gasteiger partial charge in [-0.15, -0.1) is 9.24 Å². The van der Waals surface area contributed by atoms with Gasteiger partial charge in [0.1, 0.15) is 11.5 Å². The minimum absolute atomic E-state index is 0.148.